The van der Waals surface area contributed by atoms with Crippen molar-refractivity contribution in [1.29, 1.82) is 0 Å². The highest BCUT2D eigenvalue weighted by Crippen LogP contribution is 2.34. The van der Waals surface area contributed by atoms with Gasteiger partial charge in [0.15, 0.2) is 0 Å². The lowest BCUT2D eigenvalue weighted by Gasteiger charge is -2.14. The van der Waals surface area contributed by atoms with Crippen LogP contribution < -0.4 is 15.6 Å². The smallest absolute Gasteiger partial charge is 0.416 e. The van der Waals surface area contributed by atoms with Gasteiger partial charge in [-0.2, -0.15) is 17.7 Å². The van der Waals surface area contributed by atoms with Crippen LogP contribution in [0.1, 0.15) is 30.2 Å². The number of ether oxygens (including phenoxy) is 1. The number of alkyl halides is 3. The minimum atomic E-state index is -4.51. The van der Waals surface area contributed by atoms with E-state index >= 15 is 0 Å². The Bertz CT molecular complexity index is 1010. The molecule has 0 aliphatic carbocycles. The Morgan fingerprint density at radius 2 is 2.07 bits per heavy atom. The van der Waals surface area contributed by atoms with Crippen LogP contribution in [-0.4, -0.2) is 21.7 Å². The van der Waals surface area contributed by atoms with Crippen molar-refractivity contribution in [1.82, 2.24) is 14.6 Å². The number of hydrogen-bond acceptors (Lipinski definition) is 6. The van der Waals surface area contributed by atoms with Crippen LogP contribution >= 0.6 is 11.3 Å². The van der Waals surface area contributed by atoms with Gasteiger partial charge in [0.25, 0.3) is 5.56 Å². The lowest BCUT2D eigenvalue weighted by molar-refractivity contribution is -0.138. The predicted octanol–water partition coefficient (Wildman–Crippen LogP) is 3.74. The van der Waals surface area contributed by atoms with Crippen LogP contribution in [0.5, 0.6) is 5.75 Å². The number of fused-ring (bicyclic) bond motifs is 1. The Labute approximate surface area is 156 Å². The van der Waals surface area contributed by atoms with E-state index in [1.165, 1.54) is 25.3 Å². The summed E-state index contributed by atoms with van der Waals surface area (Å²) in [4.78, 5) is 16.9. The highest BCUT2D eigenvalue weighted by atomic mass is 32.1. The third-order valence-corrected chi connectivity index (χ3v) is 4.72. The summed E-state index contributed by atoms with van der Waals surface area (Å²) in [5.74, 6) is 0.130. The van der Waals surface area contributed by atoms with E-state index in [2.05, 4.69) is 15.4 Å². The van der Waals surface area contributed by atoms with E-state index in [1.54, 1.807) is 0 Å². The van der Waals surface area contributed by atoms with Gasteiger partial charge in [0, 0.05) is 18.3 Å². The molecule has 2 aromatic heterocycles. The van der Waals surface area contributed by atoms with Gasteiger partial charge in [-0.05, 0) is 24.1 Å². The number of nitrogens with one attached hydrogen (secondary N) is 1. The number of hydrogen-bond donors (Lipinski definition) is 1. The summed E-state index contributed by atoms with van der Waals surface area (Å²) < 4.78 is 45.8. The second kappa shape index (κ2) is 7.55. The zero-order valence-electron chi connectivity index (χ0n) is 14.6. The van der Waals surface area contributed by atoms with Gasteiger partial charge in [-0.3, -0.25) is 4.79 Å². The standard InChI is InChI=1S/C17H17F3N4O2S/c1-3-4-11-7-14(25)24-16(22-11)27-15(23-24)21-9-10-5-6-12(26-2)8-13(10)17(18,19)20/h5-8H,3-4,9H2,1-2H3,(H,21,23). The fourth-order valence-corrected chi connectivity index (χ4v) is 3.40. The fourth-order valence-electron chi connectivity index (χ4n) is 2.58. The van der Waals surface area contributed by atoms with Gasteiger partial charge in [0.2, 0.25) is 10.1 Å². The van der Waals surface area contributed by atoms with Crippen LogP contribution in [-0.2, 0) is 19.1 Å². The van der Waals surface area contributed by atoms with Gasteiger partial charge in [0.1, 0.15) is 5.75 Å². The van der Waals surface area contributed by atoms with Crippen molar-refractivity contribution in [3.05, 3.63) is 51.4 Å². The summed E-state index contributed by atoms with van der Waals surface area (Å²) in [6.07, 6.45) is -2.98. The molecule has 0 bridgehead atoms. The van der Waals surface area contributed by atoms with E-state index < -0.39 is 11.7 Å². The molecule has 3 aromatic rings. The minimum Gasteiger partial charge on any atom is -0.497 e. The van der Waals surface area contributed by atoms with Crippen LogP contribution in [0.2, 0.25) is 0 Å². The molecule has 0 fully saturated rings. The number of benzene rings is 1. The Kier molecular flexibility index (Phi) is 5.36. The van der Waals surface area contributed by atoms with Crippen molar-refractivity contribution in [3.8, 4) is 5.75 Å². The van der Waals surface area contributed by atoms with E-state index in [0.29, 0.717) is 22.2 Å². The molecule has 0 spiro atoms. The van der Waals surface area contributed by atoms with E-state index in [-0.39, 0.29) is 23.4 Å². The highest BCUT2D eigenvalue weighted by Gasteiger charge is 2.33. The number of anilines is 1. The number of halogens is 3. The first-order valence-corrected chi connectivity index (χ1v) is 9.01. The van der Waals surface area contributed by atoms with Crippen molar-refractivity contribution < 1.29 is 17.9 Å². The maximum absolute atomic E-state index is 13.3. The first kappa shape index (κ1) is 19.2. The molecule has 0 saturated carbocycles. The van der Waals surface area contributed by atoms with E-state index in [0.717, 1.165) is 28.3 Å². The Morgan fingerprint density at radius 1 is 1.30 bits per heavy atom. The third-order valence-electron chi connectivity index (χ3n) is 3.86. The summed E-state index contributed by atoms with van der Waals surface area (Å²) in [6, 6.07) is 5.20. The van der Waals surface area contributed by atoms with Crippen LogP contribution in [0.25, 0.3) is 4.96 Å². The van der Waals surface area contributed by atoms with E-state index in [1.807, 2.05) is 6.92 Å². The first-order valence-electron chi connectivity index (χ1n) is 8.19. The molecule has 1 aromatic carbocycles. The molecule has 3 rings (SSSR count). The largest absolute Gasteiger partial charge is 0.497 e. The summed E-state index contributed by atoms with van der Waals surface area (Å²) in [7, 11) is 1.31. The van der Waals surface area contributed by atoms with Crippen LogP contribution in [0.3, 0.4) is 0 Å². The maximum atomic E-state index is 13.3. The number of aryl methyl sites for hydroxylation is 1. The molecule has 0 aliphatic rings. The molecule has 0 aliphatic heterocycles. The molecule has 1 N–H and O–H groups in total. The summed E-state index contributed by atoms with van der Waals surface area (Å²) in [6.45, 7) is 1.88. The lowest BCUT2D eigenvalue weighted by Crippen LogP contribution is -2.16. The molecular weight excluding hydrogens is 381 g/mol. The topological polar surface area (TPSA) is 68.5 Å². The van der Waals surface area contributed by atoms with Gasteiger partial charge < -0.3 is 10.1 Å². The van der Waals surface area contributed by atoms with Gasteiger partial charge in [0.05, 0.1) is 12.7 Å². The number of aromatic nitrogens is 3. The molecule has 0 saturated heterocycles. The molecular formula is C17H17F3N4O2S. The molecule has 2 heterocycles. The SMILES string of the molecule is CCCc1cc(=O)n2nc(NCc3ccc(OC)cc3C(F)(F)F)sc2n1. The van der Waals surface area contributed by atoms with Gasteiger partial charge in [-0.25, -0.2) is 4.98 Å². The van der Waals surface area contributed by atoms with E-state index in [9.17, 15) is 18.0 Å². The summed E-state index contributed by atoms with van der Waals surface area (Å²) in [5, 5.41) is 7.26. The second-order valence-electron chi connectivity index (χ2n) is 5.81. The van der Waals surface area contributed by atoms with Crippen molar-refractivity contribution in [2.24, 2.45) is 0 Å². The first-order chi connectivity index (χ1) is 12.8. The molecule has 6 nitrogen and oxygen atoms in total. The summed E-state index contributed by atoms with van der Waals surface area (Å²) >= 11 is 1.12. The normalized spacial score (nSPS) is 11.7. The number of methoxy groups -OCH3 is 1. The zero-order valence-corrected chi connectivity index (χ0v) is 15.4. The maximum Gasteiger partial charge on any atom is 0.416 e. The molecule has 144 valence electrons. The Morgan fingerprint density at radius 3 is 2.74 bits per heavy atom. The van der Waals surface area contributed by atoms with E-state index in [4.69, 9.17) is 4.74 Å². The van der Waals surface area contributed by atoms with Crippen LogP contribution in [0, 0.1) is 0 Å². The van der Waals surface area contributed by atoms with Crippen molar-refractivity contribution >= 4 is 21.4 Å². The van der Waals surface area contributed by atoms with Crippen LogP contribution in [0.15, 0.2) is 29.1 Å². The number of rotatable bonds is 6. The molecule has 0 atom stereocenters. The van der Waals surface area contributed by atoms with Crippen molar-refractivity contribution in [2.45, 2.75) is 32.5 Å². The second-order valence-corrected chi connectivity index (χ2v) is 6.77. The van der Waals surface area contributed by atoms with Gasteiger partial charge >= 0.3 is 6.18 Å². The molecule has 0 radical (unpaired) electrons. The van der Waals surface area contributed by atoms with Crippen molar-refractivity contribution in [3.63, 3.8) is 0 Å². The average molecular weight is 398 g/mol. The molecule has 0 unspecified atom stereocenters. The molecule has 27 heavy (non-hydrogen) atoms. The molecule has 0 amide bonds. The van der Waals surface area contributed by atoms with Gasteiger partial charge in [-0.1, -0.05) is 30.7 Å². The minimum absolute atomic E-state index is 0.0505. The number of nitrogens with zero attached hydrogens (tertiary/aromatic N) is 3. The zero-order chi connectivity index (χ0) is 19.6. The monoisotopic (exact) mass is 398 g/mol. The van der Waals surface area contributed by atoms with Crippen LogP contribution in [0.4, 0.5) is 18.3 Å². The average Bonchev–Trinajstić information content (AvgIpc) is 3.03. The lowest BCUT2D eigenvalue weighted by atomic mass is 10.1. The predicted molar refractivity (Wildman–Crippen MR) is 96.5 cm³/mol. The third kappa shape index (κ3) is 4.21. The summed E-state index contributed by atoms with van der Waals surface area (Å²) in [5.41, 5.74) is -0.370. The molecule has 10 heteroatoms. The highest BCUT2D eigenvalue weighted by molar-refractivity contribution is 7.20. The Hall–Kier alpha value is -2.62. The fraction of sp³-hybridized carbons (Fsp3) is 0.353. The van der Waals surface area contributed by atoms with Gasteiger partial charge in [-0.15, -0.1) is 5.10 Å². The van der Waals surface area contributed by atoms with Crippen molar-refractivity contribution in [2.75, 3.05) is 12.4 Å². The quantitative estimate of drug-likeness (QED) is 0.685. The Balaban J connectivity index is 1.87.